The summed E-state index contributed by atoms with van der Waals surface area (Å²) in [7, 11) is 1.42. The Morgan fingerprint density at radius 3 is 2.53 bits per heavy atom. The first-order valence-corrected chi connectivity index (χ1v) is 5.89. The Morgan fingerprint density at radius 1 is 1.42 bits per heavy atom. The molecule has 1 heterocycles. The van der Waals surface area contributed by atoms with Crippen molar-refractivity contribution in [1.82, 2.24) is 15.1 Å². The Labute approximate surface area is 110 Å². The van der Waals surface area contributed by atoms with Crippen LogP contribution in [-0.4, -0.2) is 32.8 Å². The highest BCUT2D eigenvalue weighted by Gasteiger charge is 2.22. The quantitative estimate of drug-likeness (QED) is 0.782. The van der Waals surface area contributed by atoms with E-state index in [-0.39, 0.29) is 17.2 Å². The number of aromatic nitrogens is 2. The first-order valence-electron chi connectivity index (χ1n) is 5.89. The molecule has 0 saturated carbocycles. The van der Waals surface area contributed by atoms with Crippen LogP contribution in [-0.2, 0) is 11.8 Å². The van der Waals surface area contributed by atoms with Crippen LogP contribution in [0.25, 0.3) is 0 Å². The molecule has 104 valence electrons. The SMILES string of the molecule is CC(C)C[C@@H](NC(=O)c1ccc(=O)n(C)n1)C(=O)O. The van der Waals surface area contributed by atoms with E-state index in [1.165, 1.54) is 19.2 Å². The van der Waals surface area contributed by atoms with E-state index in [0.29, 0.717) is 6.42 Å². The highest BCUT2D eigenvalue weighted by molar-refractivity contribution is 5.94. The average Bonchev–Trinajstić information content (AvgIpc) is 2.31. The number of carboxylic acid groups (broad SMARTS) is 1. The molecule has 0 aliphatic rings. The topological polar surface area (TPSA) is 101 Å². The van der Waals surface area contributed by atoms with E-state index in [2.05, 4.69) is 10.4 Å². The van der Waals surface area contributed by atoms with Gasteiger partial charge in [0.25, 0.3) is 11.5 Å². The van der Waals surface area contributed by atoms with E-state index < -0.39 is 17.9 Å². The summed E-state index contributed by atoms with van der Waals surface area (Å²) in [6, 6.07) is 1.51. The van der Waals surface area contributed by atoms with Crippen molar-refractivity contribution in [2.45, 2.75) is 26.3 Å². The summed E-state index contributed by atoms with van der Waals surface area (Å²) in [4.78, 5) is 34.0. The smallest absolute Gasteiger partial charge is 0.326 e. The van der Waals surface area contributed by atoms with E-state index in [4.69, 9.17) is 5.11 Å². The highest BCUT2D eigenvalue weighted by atomic mass is 16.4. The number of hydrogen-bond acceptors (Lipinski definition) is 4. The van der Waals surface area contributed by atoms with Gasteiger partial charge >= 0.3 is 5.97 Å². The van der Waals surface area contributed by atoms with E-state index in [1.807, 2.05) is 13.8 Å². The van der Waals surface area contributed by atoms with Gasteiger partial charge in [-0.05, 0) is 18.4 Å². The second-order valence-corrected chi connectivity index (χ2v) is 4.67. The van der Waals surface area contributed by atoms with Crippen molar-refractivity contribution >= 4 is 11.9 Å². The Kier molecular flexibility index (Phi) is 4.80. The summed E-state index contributed by atoms with van der Waals surface area (Å²) in [6.45, 7) is 3.74. The molecular formula is C12H17N3O4. The summed E-state index contributed by atoms with van der Waals surface area (Å²) in [5.74, 6) is -1.56. The minimum absolute atomic E-state index is 0.0112. The van der Waals surface area contributed by atoms with Crippen LogP contribution in [0.5, 0.6) is 0 Å². The maximum Gasteiger partial charge on any atom is 0.326 e. The van der Waals surface area contributed by atoms with Crippen LogP contribution < -0.4 is 10.9 Å². The number of rotatable bonds is 5. The van der Waals surface area contributed by atoms with Crippen molar-refractivity contribution in [2.75, 3.05) is 0 Å². The number of carboxylic acids is 1. The number of carbonyl (C=O) groups is 2. The zero-order valence-corrected chi connectivity index (χ0v) is 11.1. The lowest BCUT2D eigenvalue weighted by Gasteiger charge is -2.16. The maximum absolute atomic E-state index is 11.9. The van der Waals surface area contributed by atoms with E-state index >= 15 is 0 Å². The van der Waals surface area contributed by atoms with Crippen molar-refractivity contribution < 1.29 is 14.7 Å². The molecule has 0 spiro atoms. The van der Waals surface area contributed by atoms with Crippen molar-refractivity contribution in [3.63, 3.8) is 0 Å². The fourth-order valence-corrected chi connectivity index (χ4v) is 1.55. The van der Waals surface area contributed by atoms with Gasteiger partial charge in [-0.25, -0.2) is 9.48 Å². The number of aryl methyl sites for hydroxylation is 1. The third-order valence-electron chi connectivity index (χ3n) is 2.50. The predicted octanol–water partition coefficient (Wildman–Crippen LogP) is 0.00940. The molecule has 0 fully saturated rings. The molecule has 1 rings (SSSR count). The molecule has 1 atom stereocenters. The summed E-state index contributed by atoms with van der Waals surface area (Å²) in [5, 5.41) is 15.2. The summed E-state index contributed by atoms with van der Waals surface area (Å²) < 4.78 is 1.02. The van der Waals surface area contributed by atoms with Gasteiger partial charge in [0.1, 0.15) is 11.7 Å². The monoisotopic (exact) mass is 267 g/mol. The second kappa shape index (κ2) is 6.12. The lowest BCUT2D eigenvalue weighted by Crippen LogP contribution is -2.42. The molecule has 7 nitrogen and oxygen atoms in total. The third-order valence-corrected chi connectivity index (χ3v) is 2.50. The van der Waals surface area contributed by atoms with Crippen LogP contribution in [0, 0.1) is 5.92 Å². The molecule has 19 heavy (non-hydrogen) atoms. The Balaban J connectivity index is 2.84. The van der Waals surface area contributed by atoms with Gasteiger partial charge in [0.05, 0.1) is 0 Å². The molecule has 0 aliphatic heterocycles. The lowest BCUT2D eigenvalue weighted by atomic mass is 10.0. The standard InChI is InChI=1S/C12H17N3O4/c1-7(2)6-9(12(18)19)13-11(17)8-4-5-10(16)15(3)14-8/h4-5,7,9H,6H2,1-3H3,(H,13,17)(H,18,19)/t9-/m1/s1. The Hall–Kier alpha value is -2.18. The Morgan fingerprint density at radius 2 is 2.05 bits per heavy atom. The Bertz CT molecular complexity index is 536. The lowest BCUT2D eigenvalue weighted by molar-refractivity contribution is -0.139. The predicted molar refractivity (Wildman–Crippen MR) is 67.8 cm³/mol. The summed E-state index contributed by atoms with van der Waals surface area (Å²) in [6.07, 6.45) is 0.326. The van der Waals surface area contributed by atoms with Gasteiger partial charge in [0.2, 0.25) is 0 Å². The number of amides is 1. The molecule has 7 heteroatoms. The van der Waals surface area contributed by atoms with Crippen molar-refractivity contribution in [3.05, 3.63) is 28.2 Å². The second-order valence-electron chi connectivity index (χ2n) is 4.67. The van der Waals surface area contributed by atoms with E-state index in [9.17, 15) is 14.4 Å². The van der Waals surface area contributed by atoms with Crippen LogP contribution in [0.4, 0.5) is 0 Å². The molecule has 1 aromatic rings. The molecule has 0 unspecified atom stereocenters. The fourth-order valence-electron chi connectivity index (χ4n) is 1.55. The molecule has 0 aliphatic carbocycles. The van der Waals surface area contributed by atoms with Crippen molar-refractivity contribution in [1.29, 1.82) is 0 Å². The maximum atomic E-state index is 11.9. The number of hydrogen-bond donors (Lipinski definition) is 2. The molecule has 0 bridgehead atoms. The number of aliphatic carboxylic acids is 1. The fraction of sp³-hybridized carbons (Fsp3) is 0.500. The van der Waals surface area contributed by atoms with Gasteiger partial charge in [-0.1, -0.05) is 13.8 Å². The van der Waals surface area contributed by atoms with Gasteiger partial charge in [-0.2, -0.15) is 5.10 Å². The van der Waals surface area contributed by atoms with Gasteiger partial charge in [0.15, 0.2) is 0 Å². The zero-order valence-electron chi connectivity index (χ0n) is 11.1. The van der Waals surface area contributed by atoms with Gasteiger partial charge in [-0.15, -0.1) is 0 Å². The minimum Gasteiger partial charge on any atom is -0.480 e. The van der Waals surface area contributed by atoms with Crippen LogP contribution in [0.1, 0.15) is 30.8 Å². The van der Waals surface area contributed by atoms with Gasteiger partial charge in [0, 0.05) is 13.1 Å². The molecule has 0 aromatic carbocycles. The molecule has 0 saturated heterocycles. The molecular weight excluding hydrogens is 250 g/mol. The molecule has 0 radical (unpaired) electrons. The molecule has 1 aromatic heterocycles. The normalized spacial score (nSPS) is 12.2. The number of nitrogens with zero attached hydrogens (tertiary/aromatic N) is 2. The summed E-state index contributed by atoms with van der Waals surface area (Å²) >= 11 is 0. The summed E-state index contributed by atoms with van der Waals surface area (Å²) in [5.41, 5.74) is -0.328. The van der Waals surface area contributed by atoms with Crippen molar-refractivity contribution in [2.24, 2.45) is 13.0 Å². The third kappa shape index (κ3) is 4.20. The van der Waals surface area contributed by atoms with E-state index in [0.717, 1.165) is 4.68 Å². The minimum atomic E-state index is -1.09. The van der Waals surface area contributed by atoms with Crippen LogP contribution >= 0.6 is 0 Å². The van der Waals surface area contributed by atoms with Gasteiger partial charge < -0.3 is 10.4 Å². The molecule has 2 N–H and O–H groups in total. The van der Waals surface area contributed by atoms with Crippen LogP contribution in [0.15, 0.2) is 16.9 Å². The van der Waals surface area contributed by atoms with Gasteiger partial charge in [-0.3, -0.25) is 9.59 Å². The number of carbonyl (C=O) groups excluding carboxylic acids is 1. The first kappa shape index (κ1) is 14.9. The van der Waals surface area contributed by atoms with Crippen molar-refractivity contribution in [3.8, 4) is 0 Å². The molecule has 1 amide bonds. The van der Waals surface area contributed by atoms with Crippen LogP contribution in [0.3, 0.4) is 0 Å². The average molecular weight is 267 g/mol. The van der Waals surface area contributed by atoms with E-state index in [1.54, 1.807) is 0 Å². The first-order chi connectivity index (χ1) is 8.81. The number of nitrogens with one attached hydrogen (secondary N) is 1. The largest absolute Gasteiger partial charge is 0.480 e. The van der Waals surface area contributed by atoms with Crippen LogP contribution in [0.2, 0.25) is 0 Å². The highest BCUT2D eigenvalue weighted by Crippen LogP contribution is 2.05. The zero-order chi connectivity index (χ0) is 14.6.